The third-order valence-corrected chi connectivity index (χ3v) is 2.84. The monoisotopic (exact) mass is 278 g/mol. The van der Waals surface area contributed by atoms with Gasteiger partial charge in [0.2, 0.25) is 0 Å². The summed E-state index contributed by atoms with van der Waals surface area (Å²) in [5, 5.41) is 4.32. The predicted molar refractivity (Wildman–Crippen MR) is 66.0 cm³/mol. The average Bonchev–Trinajstić information content (AvgIpc) is 2.60. The third kappa shape index (κ3) is 2.07. The minimum atomic E-state index is 0.0405. The van der Waals surface area contributed by atoms with E-state index in [2.05, 4.69) is 21.0 Å². The highest BCUT2D eigenvalue weighted by Gasteiger charge is 2.09. The van der Waals surface area contributed by atoms with Crippen LogP contribution in [0.5, 0.6) is 0 Å². The Bertz CT molecular complexity index is 546. The van der Waals surface area contributed by atoms with Gasteiger partial charge in [0.25, 0.3) is 0 Å². The van der Waals surface area contributed by atoms with Crippen LogP contribution in [0.4, 0.5) is 0 Å². The van der Waals surface area contributed by atoms with Crippen molar-refractivity contribution in [1.29, 1.82) is 0 Å². The van der Waals surface area contributed by atoms with Crippen LogP contribution in [-0.2, 0) is 0 Å². The molecule has 82 valence electrons. The number of Topliss-reactive ketones (excluding diaryl/α,β-unsaturated/α-hetero) is 1. The predicted octanol–water partition coefficient (Wildman–Crippen LogP) is 3.15. The van der Waals surface area contributed by atoms with Gasteiger partial charge in [-0.1, -0.05) is 22.0 Å². The largest absolute Gasteiger partial charge is 0.294 e. The standard InChI is InChI=1S/C12H11BrN2O/c1-8-12(9(2)16)7-15(14-8)11-5-3-4-10(13)6-11/h3-7H,1-2H3. The van der Waals surface area contributed by atoms with Crippen molar-refractivity contribution in [1.82, 2.24) is 9.78 Å². The molecule has 2 aromatic rings. The average molecular weight is 279 g/mol. The Morgan fingerprint density at radius 2 is 2.19 bits per heavy atom. The van der Waals surface area contributed by atoms with Gasteiger partial charge in [-0.3, -0.25) is 4.79 Å². The van der Waals surface area contributed by atoms with Gasteiger partial charge in [-0.2, -0.15) is 5.10 Å². The zero-order chi connectivity index (χ0) is 11.7. The first-order valence-electron chi connectivity index (χ1n) is 4.91. The van der Waals surface area contributed by atoms with Gasteiger partial charge in [0.15, 0.2) is 5.78 Å². The number of aryl methyl sites for hydroxylation is 1. The number of nitrogens with zero attached hydrogens (tertiary/aromatic N) is 2. The van der Waals surface area contributed by atoms with Crippen molar-refractivity contribution >= 4 is 21.7 Å². The summed E-state index contributed by atoms with van der Waals surface area (Å²) < 4.78 is 2.71. The number of halogens is 1. The maximum absolute atomic E-state index is 11.3. The Morgan fingerprint density at radius 3 is 2.75 bits per heavy atom. The van der Waals surface area contributed by atoms with E-state index in [4.69, 9.17) is 0 Å². The molecule has 2 rings (SSSR count). The Balaban J connectivity index is 2.49. The summed E-state index contributed by atoms with van der Waals surface area (Å²) in [4.78, 5) is 11.3. The SMILES string of the molecule is CC(=O)c1cn(-c2cccc(Br)c2)nc1C. The van der Waals surface area contributed by atoms with Gasteiger partial charge in [-0.05, 0) is 32.0 Å². The van der Waals surface area contributed by atoms with E-state index in [1.54, 1.807) is 17.8 Å². The molecular formula is C12H11BrN2O. The summed E-state index contributed by atoms with van der Waals surface area (Å²) in [6.07, 6.45) is 1.76. The number of carbonyl (C=O) groups is 1. The van der Waals surface area contributed by atoms with Gasteiger partial charge in [-0.15, -0.1) is 0 Å². The number of ketones is 1. The molecule has 0 aliphatic heterocycles. The van der Waals surface area contributed by atoms with Crippen LogP contribution in [0.25, 0.3) is 5.69 Å². The molecule has 16 heavy (non-hydrogen) atoms. The normalized spacial score (nSPS) is 10.4. The highest BCUT2D eigenvalue weighted by Crippen LogP contribution is 2.16. The maximum Gasteiger partial charge on any atom is 0.163 e. The molecule has 0 radical (unpaired) electrons. The minimum Gasteiger partial charge on any atom is -0.294 e. The molecule has 3 nitrogen and oxygen atoms in total. The van der Waals surface area contributed by atoms with Crippen molar-refractivity contribution in [3.8, 4) is 5.69 Å². The molecule has 4 heteroatoms. The van der Waals surface area contributed by atoms with Crippen LogP contribution in [0.2, 0.25) is 0 Å². The lowest BCUT2D eigenvalue weighted by Crippen LogP contribution is -1.94. The fourth-order valence-corrected chi connectivity index (χ4v) is 1.94. The van der Waals surface area contributed by atoms with Crippen molar-refractivity contribution in [2.75, 3.05) is 0 Å². The van der Waals surface area contributed by atoms with Crippen LogP contribution >= 0.6 is 15.9 Å². The summed E-state index contributed by atoms with van der Waals surface area (Å²) in [6, 6.07) is 7.78. The van der Waals surface area contributed by atoms with E-state index in [0.717, 1.165) is 15.9 Å². The minimum absolute atomic E-state index is 0.0405. The topological polar surface area (TPSA) is 34.9 Å². The van der Waals surface area contributed by atoms with Crippen LogP contribution in [0, 0.1) is 6.92 Å². The van der Waals surface area contributed by atoms with Gasteiger partial charge in [-0.25, -0.2) is 4.68 Å². The Hall–Kier alpha value is -1.42. The molecular weight excluding hydrogens is 268 g/mol. The van der Waals surface area contributed by atoms with Gasteiger partial charge < -0.3 is 0 Å². The fourth-order valence-electron chi connectivity index (χ4n) is 1.56. The van der Waals surface area contributed by atoms with E-state index in [1.807, 2.05) is 31.2 Å². The van der Waals surface area contributed by atoms with Crippen molar-refractivity contribution in [2.24, 2.45) is 0 Å². The first-order valence-corrected chi connectivity index (χ1v) is 5.70. The lowest BCUT2D eigenvalue weighted by molar-refractivity contribution is 0.101. The first kappa shape index (κ1) is 11.1. The second-order valence-corrected chi connectivity index (χ2v) is 4.52. The molecule has 0 aliphatic rings. The van der Waals surface area contributed by atoms with E-state index >= 15 is 0 Å². The van der Waals surface area contributed by atoms with Gasteiger partial charge >= 0.3 is 0 Å². The van der Waals surface area contributed by atoms with Crippen LogP contribution < -0.4 is 0 Å². The number of rotatable bonds is 2. The third-order valence-electron chi connectivity index (χ3n) is 2.35. The smallest absolute Gasteiger partial charge is 0.163 e. The lowest BCUT2D eigenvalue weighted by atomic mass is 10.2. The molecule has 0 spiro atoms. The molecule has 1 heterocycles. The Kier molecular flexibility index (Phi) is 2.92. The molecule has 1 aromatic heterocycles. The number of hydrogen-bond donors (Lipinski definition) is 0. The van der Waals surface area contributed by atoms with Crippen LogP contribution in [0.15, 0.2) is 34.9 Å². The molecule has 0 bridgehead atoms. The Labute approximate surface area is 102 Å². The zero-order valence-electron chi connectivity index (χ0n) is 9.07. The highest BCUT2D eigenvalue weighted by molar-refractivity contribution is 9.10. The van der Waals surface area contributed by atoms with E-state index in [0.29, 0.717) is 5.56 Å². The van der Waals surface area contributed by atoms with Gasteiger partial charge in [0.1, 0.15) is 0 Å². The second kappa shape index (κ2) is 4.22. The Morgan fingerprint density at radius 1 is 1.44 bits per heavy atom. The van der Waals surface area contributed by atoms with Crippen molar-refractivity contribution < 1.29 is 4.79 Å². The fraction of sp³-hybridized carbons (Fsp3) is 0.167. The van der Waals surface area contributed by atoms with Gasteiger partial charge in [0, 0.05) is 10.7 Å². The number of aromatic nitrogens is 2. The quantitative estimate of drug-likeness (QED) is 0.791. The summed E-state index contributed by atoms with van der Waals surface area (Å²) in [5.74, 6) is 0.0405. The van der Waals surface area contributed by atoms with Crippen molar-refractivity contribution in [3.05, 3.63) is 46.2 Å². The van der Waals surface area contributed by atoms with Crippen LogP contribution in [-0.4, -0.2) is 15.6 Å². The summed E-state index contributed by atoms with van der Waals surface area (Å²) in [7, 11) is 0. The van der Waals surface area contributed by atoms with E-state index in [-0.39, 0.29) is 5.78 Å². The molecule has 0 atom stereocenters. The van der Waals surface area contributed by atoms with E-state index < -0.39 is 0 Å². The second-order valence-electron chi connectivity index (χ2n) is 3.61. The zero-order valence-corrected chi connectivity index (χ0v) is 10.7. The molecule has 0 unspecified atom stereocenters. The molecule has 1 aromatic carbocycles. The summed E-state index contributed by atoms with van der Waals surface area (Å²) in [6.45, 7) is 3.39. The van der Waals surface area contributed by atoms with Crippen molar-refractivity contribution in [3.63, 3.8) is 0 Å². The molecule has 0 fully saturated rings. The van der Waals surface area contributed by atoms with Crippen LogP contribution in [0.1, 0.15) is 23.0 Å². The number of carbonyl (C=O) groups excluding carboxylic acids is 1. The number of hydrogen-bond acceptors (Lipinski definition) is 2. The summed E-state index contributed by atoms with van der Waals surface area (Å²) >= 11 is 3.41. The van der Waals surface area contributed by atoms with Crippen LogP contribution in [0.3, 0.4) is 0 Å². The highest BCUT2D eigenvalue weighted by atomic mass is 79.9. The van der Waals surface area contributed by atoms with E-state index in [9.17, 15) is 4.79 Å². The molecule has 0 aliphatic carbocycles. The summed E-state index contributed by atoms with van der Waals surface area (Å²) in [5.41, 5.74) is 2.36. The van der Waals surface area contributed by atoms with Crippen molar-refractivity contribution in [2.45, 2.75) is 13.8 Å². The molecule has 0 saturated carbocycles. The lowest BCUT2D eigenvalue weighted by Gasteiger charge is -2.00. The molecule has 0 amide bonds. The molecule has 0 saturated heterocycles. The maximum atomic E-state index is 11.3. The van der Waals surface area contributed by atoms with E-state index in [1.165, 1.54) is 0 Å². The first-order chi connectivity index (χ1) is 7.58. The number of benzene rings is 1. The van der Waals surface area contributed by atoms with Gasteiger partial charge in [0.05, 0.1) is 16.9 Å². The molecule has 0 N–H and O–H groups in total.